The van der Waals surface area contributed by atoms with Crippen LogP contribution in [0.1, 0.15) is 17.2 Å². The summed E-state index contributed by atoms with van der Waals surface area (Å²) in [6.45, 7) is 0. The minimum Gasteiger partial charge on any atom is -0.309 e. The molecule has 1 unspecified atom stereocenters. The van der Waals surface area contributed by atoms with Gasteiger partial charge in [-0.1, -0.05) is 52.5 Å². The normalized spacial score (nSPS) is 12.5. The summed E-state index contributed by atoms with van der Waals surface area (Å²) in [6.07, 6.45) is 0. The standard InChI is InChI=1S/C14H11Cl4N/c1-19-14(8-2-3-12(17)13(18)6-8)9-4-10(15)7-11(16)5-9/h2-7,14,19H,1H3. The number of benzene rings is 2. The second-order valence-corrected chi connectivity index (χ2v) is 5.79. The number of halogens is 4. The first-order valence-corrected chi connectivity index (χ1v) is 7.10. The van der Waals surface area contributed by atoms with Crippen molar-refractivity contribution < 1.29 is 0 Å². The Balaban J connectivity index is 2.46. The monoisotopic (exact) mass is 333 g/mol. The topological polar surface area (TPSA) is 12.0 Å². The third-order valence-corrected chi connectivity index (χ3v) is 3.96. The Hall–Kier alpha value is -0.440. The van der Waals surface area contributed by atoms with Crippen LogP contribution in [0.25, 0.3) is 0 Å². The maximum absolute atomic E-state index is 6.05. The van der Waals surface area contributed by atoms with Gasteiger partial charge in [0.1, 0.15) is 0 Å². The third-order valence-electron chi connectivity index (χ3n) is 2.78. The lowest BCUT2D eigenvalue weighted by Gasteiger charge is -2.18. The van der Waals surface area contributed by atoms with Gasteiger partial charge in [0.25, 0.3) is 0 Å². The fourth-order valence-corrected chi connectivity index (χ4v) is 2.81. The van der Waals surface area contributed by atoms with Gasteiger partial charge in [-0.05, 0) is 48.5 Å². The first kappa shape index (κ1) is 15.0. The number of rotatable bonds is 3. The van der Waals surface area contributed by atoms with Crippen LogP contribution in [0.15, 0.2) is 36.4 Å². The largest absolute Gasteiger partial charge is 0.309 e. The Morgan fingerprint density at radius 1 is 0.789 bits per heavy atom. The summed E-state index contributed by atoms with van der Waals surface area (Å²) in [5, 5.41) is 5.47. The molecule has 2 aromatic rings. The lowest BCUT2D eigenvalue weighted by Crippen LogP contribution is -2.17. The highest BCUT2D eigenvalue weighted by atomic mass is 35.5. The molecule has 1 nitrogen and oxygen atoms in total. The summed E-state index contributed by atoms with van der Waals surface area (Å²) < 4.78 is 0. The van der Waals surface area contributed by atoms with Crippen molar-refractivity contribution in [3.63, 3.8) is 0 Å². The van der Waals surface area contributed by atoms with Crippen molar-refractivity contribution in [3.8, 4) is 0 Å². The molecule has 1 N–H and O–H groups in total. The zero-order valence-electron chi connectivity index (χ0n) is 10.1. The molecule has 1 atom stereocenters. The molecule has 100 valence electrons. The van der Waals surface area contributed by atoms with Gasteiger partial charge in [-0.3, -0.25) is 0 Å². The Kier molecular flexibility index (Phi) is 4.99. The number of hydrogen-bond donors (Lipinski definition) is 1. The molecule has 0 spiro atoms. The molecule has 0 heterocycles. The number of nitrogens with one attached hydrogen (secondary N) is 1. The molecule has 19 heavy (non-hydrogen) atoms. The van der Waals surface area contributed by atoms with Gasteiger partial charge < -0.3 is 5.32 Å². The van der Waals surface area contributed by atoms with E-state index in [0.29, 0.717) is 20.1 Å². The molecule has 0 radical (unpaired) electrons. The van der Waals surface area contributed by atoms with Gasteiger partial charge in [0.15, 0.2) is 0 Å². The van der Waals surface area contributed by atoms with Crippen LogP contribution in [-0.2, 0) is 0 Å². The van der Waals surface area contributed by atoms with E-state index in [-0.39, 0.29) is 6.04 Å². The van der Waals surface area contributed by atoms with Crippen LogP contribution in [0.3, 0.4) is 0 Å². The van der Waals surface area contributed by atoms with Crippen LogP contribution in [0.5, 0.6) is 0 Å². The molecule has 2 aromatic carbocycles. The van der Waals surface area contributed by atoms with Gasteiger partial charge in [0.05, 0.1) is 16.1 Å². The van der Waals surface area contributed by atoms with E-state index < -0.39 is 0 Å². The molecule has 5 heteroatoms. The van der Waals surface area contributed by atoms with Gasteiger partial charge in [-0.15, -0.1) is 0 Å². The Morgan fingerprint density at radius 2 is 1.42 bits per heavy atom. The molecule has 0 amide bonds. The van der Waals surface area contributed by atoms with E-state index in [1.54, 1.807) is 12.1 Å². The highest BCUT2D eigenvalue weighted by molar-refractivity contribution is 6.42. The molecule has 0 saturated heterocycles. The zero-order valence-corrected chi connectivity index (χ0v) is 13.1. The Morgan fingerprint density at radius 3 is 1.95 bits per heavy atom. The van der Waals surface area contributed by atoms with E-state index in [0.717, 1.165) is 11.1 Å². The van der Waals surface area contributed by atoms with Crippen molar-refractivity contribution in [2.75, 3.05) is 7.05 Å². The van der Waals surface area contributed by atoms with Crippen molar-refractivity contribution in [3.05, 3.63) is 67.6 Å². The molecule has 2 rings (SSSR count). The van der Waals surface area contributed by atoms with Crippen molar-refractivity contribution in [2.24, 2.45) is 0 Å². The van der Waals surface area contributed by atoms with E-state index >= 15 is 0 Å². The van der Waals surface area contributed by atoms with Crippen molar-refractivity contribution in [2.45, 2.75) is 6.04 Å². The van der Waals surface area contributed by atoms with E-state index in [2.05, 4.69) is 5.32 Å². The predicted octanol–water partition coefficient (Wildman–Crippen LogP) is 5.61. The molecule has 0 saturated carbocycles. The van der Waals surface area contributed by atoms with Gasteiger partial charge >= 0.3 is 0 Å². The van der Waals surface area contributed by atoms with Gasteiger partial charge in [-0.2, -0.15) is 0 Å². The molecule has 0 aliphatic rings. The minimum atomic E-state index is -0.0500. The SMILES string of the molecule is CNC(c1cc(Cl)cc(Cl)c1)c1ccc(Cl)c(Cl)c1. The van der Waals surface area contributed by atoms with E-state index in [9.17, 15) is 0 Å². The first-order chi connectivity index (χ1) is 9.01. The third kappa shape index (κ3) is 3.56. The predicted molar refractivity (Wildman–Crippen MR) is 83.8 cm³/mol. The second kappa shape index (κ2) is 6.34. The Bertz CT molecular complexity index is 578. The highest BCUT2D eigenvalue weighted by Crippen LogP contribution is 2.31. The summed E-state index contributed by atoms with van der Waals surface area (Å²) in [6, 6.07) is 10.9. The lowest BCUT2D eigenvalue weighted by molar-refractivity contribution is 0.692. The quantitative estimate of drug-likeness (QED) is 0.769. The number of hydrogen-bond acceptors (Lipinski definition) is 1. The van der Waals surface area contributed by atoms with Crippen LogP contribution < -0.4 is 5.32 Å². The van der Waals surface area contributed by atoms with Crippen LogP contribution in [0, 0.1) is 0 Å². The summed E-state index contributed by atoms with van der Waals surface area (Å²) in [4.78, 5) is 0. The average Bonchev–Trinajstić information content (AvgIpc) is 2.33. The van der Waals surface area contributed by atoms with E-state index in [1.165, 1.54) is 0 Å². The summed E-state index contributed by atoms with van der Waals surface area (Å²) in [5.74, 6) is 0. The van der Waals surface area contributed by atoms with E-state index in [4.69, 9.17) is 46.4 Å². The van der Waals surface area contributed by atoms with Gasteiger partial charge in [0, 0.05) is 10.0 Å². The molecule has 0 bridgehead atoms. The maximum atomic E-state index is 6.05. The van der Waals surface area contributed by atoms with Crippen molar-refractivity contribution in [1.82, 2.24) is 5.32 Å². The van der Waals surface area contributed by atoms with E-state index in [1.807, 2.05) is 31.3 Å². The Labute approximate surface area is 132 Å². The molecular formula is C14H11Cl4N. The zero-order chi connectivity index (χ0) is 14.0. The van der Waals surface area contributed by atoms with Gasteiger partial charge in [-0.25, -0.2) is 0 Å². The van der Waals surface area contributed by atoms with Gasteiger partial charge in [0.2, 0.25) is 0 Å². The summed E-state index contributed by atoms with van der Waals surface area (Å²) >= 11 is 24.1. The fourth-order valence-electron chi connectivity index (χ4n) is 1.96. The van der Waals surface area contributed by atoms with Crippen molar-refractivity contribution in [1.29, 1.82) is 0 Å². The summed E-state index contributed by atoms with van der Waals surface area (Å²) in [7, 11) is 1.86. The van der Waals surface area contributed by atoms with Crippen LogP contribution >= 0.6 is 46.4 Å². The lowest BCUT2D eigenvalue weighted by atomic mass is 9.99. The molecule has 0 aromatic heterocycles. The maximum Gasteiger partial charge on any atom is 0.0595 e. The molecule has 0 fully saturated rings. The van der Waals surface area contributed by atoms with Crippen molar-refractivity contribution >= 4 is 46.4 Å². The van der Waals surface area contributed by atoms with Crippen LogP contribution in [0.4, 0.5) is 0 Å². The average molecular weight is 335 g/mol. The molecular weight excluding hydrogens is 324 g/mol. The smallest absolute Gasteiger partial charge is 0.0595 e. The van der Waals surface area contributed by atoms with Crippen LogP contribution in [-0.4, -0.2) is 7.05 Å². The fraction of sp³-hybridized carbons (Fsp3) is 0.143. The molecule has 0 aliphatic heterocycles. The summed E-state index contributed by atoms with van der Waals surface area (Å²) in [5.41, 5.74) is 1.97. The highest BCUT2D eigenvalue weighted by Gasteiger charge is 2.14. The van der Waals surface area contributed by atoms with Crippen LogP contribution in [0.2, 0.25) is 20.1 Å². The first-order valence-electron chi connectivity index (χ1n) is 5.59. The second-order valence-electron chi connectivity index (χ2n) is 4.10. The minimum absolute atomic E-state index is 0.0500. The molecule has 0 aliphatic carbocycles.